The van der Waals surface area contributed by atoms with Gasteiger partial charge in [0.25, 0.3) is 0 Å². The number of hydrogen-bond acceptors (Lipinski definition) is 5. The molecule has 0 bridgehead atoms. The molecule has 1 aliphatic rings. The third kappa shape index (κ3) is 3.87. The van der Waals surface area contributed by atoms with E-state index >= 15 is 0 Å². The zero-order valence-electron chi connectivity index (χ0n) is 13.3. The van der Waals surface area contributed by atoms with Crippen LogP contribution < -0.4 is 4.31 Å². The molecule has 0 radical (unpaired) electrons. The molecule has 0 atom stereocenters. The summed E-state index contributed by atoms with van der Waals surface area (Å²) in [5, 5.41) is 8.89. The standard InChI is InChI=1S/C14H20N2O6S2/c1-2-8-15(11-14(17)18)24(21,22)13-6-4-12(5-7-13)16-9-3-10-23(16,19)20/h4-7H,2-3,8-11H2,1H3,(H,17,18). The first-order valence-corrected chi connectivity index (χ1v) is 10.6. The van der Waals surface area contributed by atoms with E-state index < -0.39 is 32.6 Å². The molecular weight excluding hydrogens is 356 g/mol. The van der Waals surface area contributed by atoms with Gasteiger partial charge in [0.15, 0.2) is 0 Å². The van der Waals surface area contributed by atoms with Gasteiger partial charge in [0.2, 0.25) is 20.0 Å². The van der Waals surface area contributed by atoms with Crippen LogP contribution in [0.25, 0.3) is 0 Å². The van der Waals surface area contributed by atoms with Crippen LogP contribution in [0, 0.1) is 0 Å². The molecule has 24 heavy (non-hydrogen) atoms. The van der Waals surface area contributed by atoms with E-state index in [0.717, 1.165) is 4.31 Å². The van der Waals surface area contributed by atoms with E-state index in [2.05, 4.69) is 0 Å². The molecule has 1 aromatic rings. The first-order valence-electron chi connectivity index (χ1n) is 7.51. The Hall–Kier alpha value is -1.65. The highest BCUT2D eigenvalue weighted by Crippen LogP contribution is 2.26. The van der Waals surface area contributed by atoms with Crippen molar-refractivity contribution in [3.63, 3.8) is 0 Å². The van der Waals surface area contributed by atoms with Gasteiger partial charge in [-0.3, -0.25) is 9.10 Å². The summed E-state index contributed by atoms with van der Waals surface area (Å²) in [6, 6.07) is 5.48. The summed E-state index contributed by atoms with van der Waals surface area (Å²) in [4.78, 5) is 10.8. The molecule has 1 N–H and O–H groups in total. The lowest BCUT2D eigenvalue weighted by molar-refractivity contribution is -0.137. The summed E-state index contributed by atoms with van der Waals surface area (Å²) in [6.45, 7) is 1.61. The van der Waals surface area contributed by atoms with E-state index in [9.17, 15) is 21.6 Å². The average molecular weight is 376 g/mol. The molecule has 0 spiro atoms. The summed E-state index contributed by atoms with van der Waals surface area (Å²) in [7, 11) is -7.28. The first-order chi connectivity index (χ1) is 11.2. The van der Waals surface area contributed by atoms with Gasteiger partial charge in [-0.1, -0.05) is 6.92 Å². The Morgan fingerprint density at radius 1 is 1.29 bits per heavy atom. The van der Waals surface area contributed by atoms with Crippen molar-refractivity contribution in [2.45, 2.75) is 24.7 Å². The fraction of sp³-hybridized carbons (Fsp3) is 0.500. The van der Waals surface area contributed by atoms with Crippen LogP contribution in [-0.2, 0) is 24.8 Å². The number of carboxylic acid groups (broad SMARTS) is 1. The summed E-state index contributed by atoms with van der Waals surface area (Å²) in [5.41, 5.74) is 0.409. The van der Waals surface area contributed by atoms with E-state index in [4.69, 9.17) is 5.11 Å². The fourth-order valence-electron chi connectivity index (χ4n) is 2.55. The Morgan fingerprint density at radius 3 is 2.38 bits per heavy atom. The second kappa shape index (κ2) is 7.08. The lowest BCUT2D eigenvalue weighted by atomic mass is 10.3. The number of carboxylic acids is 1. The van der Waals surface area contributed by atoms with Gasteiger partial charge in [-0.25, -0.2) is 16.8 Å². The van der Waals surface area contributed by atoms with Crippen molar-refractivity contribution < 1.29 is 26.7 Å². The molecule has 2 rings (SSSR count). The van der Waals surface area contributed by atoms with Crippen LogP contribution in [0.15, 0.2) is 29.2 Å². The van der Waals surface area contributed by atoms with Crippen molar-refractivity contribution in [3.8, 4) is 0 Å². The van der Waals surface area contributed by atoms with Gasteiger partial charge in [-0.15, -0.1) is 0 Å². The third-order valence-corrected chi connectivity index (χ3v) is 7.38. The van der Waals surface area contributed by atoms with E-state index in [1.165, 1.54) is 28.6 Å². The van der Waals surface area contributed by atoms with Crippen molar-refractivity contribution in [1.29, 1.82) is 0 Å². The smallest absolute Gasteiger partial charge is 0.318 e. The lowest BCUT2D eigenvalue weighted by Gasteiger charge is -2.21. The molecule has 1 saturated heterocycles. The van der Waals surface area contributed by atoms with Crippen molar-refractivity contribution in [3.05, 3.63) is 24.3 Å². The van der Waals surface area contributed by atoms with E-state index in [1.807, 2.05) is 0 Å². The molecule has 0 saturated carbocycles. The van der Waals surface area contributed by atoms with Crippen molar-refractivity contribution in [2.24, 2.45) is 0 Å². The minimum atomic E-state index is -3.94. The highest BCUT2D eigenvalue weighted by molar-refractivity contribution is 7.93. The number of aliphatic carboxylic acids is 1. The molecule has 0 aromatic heterocycles. The number of carbonyl (C=O) groups is 1. The Bertz CT molecular complexity index is 802. The second-order valence-electron chi connectivity index (χ2n) is 5.47. The fourth-order valence-corrected chi connectivity index (χ4v) is 5.59. The normalized spacial score (nSPS) is 17.3. The Balaban J connectivity index is 2.30. The lowest BCUT2D eigenvalue weighted by Crippen LogP contribution is -2.36. The molecule has 1 heterocycles. The first kappa shape index (κ1) is 18.7. The average Bonchev–Trinajstić information content (AvgIpc) is 2.86. The SMILES string of the molecule is CCCN(CC(=O)O)S(=O)(=O)c1ccc(N2CCCS2(=O)=O)cc1. The van der Waals surface area contributed by atoms with Gasteiger partial charge in [-0.2, -0.15) is 4.31 Å². The monoisotopic (exact) mass is 376 g/mol. The van der Waals surface area contributed by atoms with Crippen LogP contribution in [0.4, 0.5) is 5.69 Å². The third-order valence-electron chi connectivity index (χ3n) is 3.65. The van der Waals surface area contributed by atoms with Gasteiger partial charge in [0, 0.05) is 13.1 Å². The number of hydrogen-bond donors (Lipinski definition) is 1. The topological polar surface area (TPSA) is 112 Å². The van der Waals surface area contributed by atoms with Gasteiger partial charge < -0.3 is 5.11 Å². The molecule has 1 fully saturated rings. The molecule has 134 valence electrons. The second-order valence-corrected chi connectivity index (χ2v) is 9.42. The molecule has 10 heteroatoms. The number of sulfonamides is 2. The van der Waals surface area contributed by atoms with Crippen molar-refractivity contribution in [2.75, 3.05) is 29.7 Å². The number of benzene rings is 1. The molecule has 0 unspecified atom stereocenters. The van der Waals surface area contributed by atoms with Crippen molar-refractivity contribution in [1.82, 2.24) is 4.31 Å². The zero-order chi connectivity index (χ0) is 18.0. The molecule has 0 aliphatic carbocycles. The van der Waals surface area contributed by atoms with E-state index in [-0.39, 0.29) is 17.2 Å². The quantitative estimate of drug-likeness (QED) is 0.750. The van der Waals surface area contributed by atoms with Gasteiger partial charge in [-0.05, 0) is 37.1 Å². The molecule has 0 amide bonds. The molecule has 1 aromatic carbocycles. The molecule has 1 aliphatic heterocycles. The maximum atomic E-state index is 12.5. The maximum absolute atomic E-state index is 12.5. The van der Waals surface area contributed by atoms with Crippen molar-refractivity contribution >= 4 is 31.7 Å². The highest BCUT2D eigenvalue weighted by atomic mass is 32.2. The van der Waals surface area contributed by atoms with Gasteiger partial charge in [0.1, 0.15) is 6.54 Å². The van der Waals surface area contributed by atoms with Crippen LogP contribution in [0.3, 0.4) is 0 Å². The number of rotatable bonds is 7. The van der Waals surface area contributed by atoms with Crippen LogP contribution in [0.2, 0.25) is 0 Å². The molecule has 8 nitrogen and oxygen atoms in total. The predicted octanol–water partition coefficient (Wildman–Crippen LogP) is 0.712. The summed E-state index contributed by atoms with van der Waals surface area (Å²) >= 11 is 0. The van der Waals surface area contributed by atoms with Crippen LogP contribution in [0.5, 0.6) is 0 Å². The summed E-state index contributed by atoms with van der Waals surface area (Å²) in [6.07, 6.45) is 1.02. The maximum Gasteiger partial charge on any atom is 0.318 e. The minimum absolute atomic E-state index is 0.0578. The Morgan fingerprint density at radius 2 is 1.92 bits per heavy atom. The van der Waals surface area contributed by atoms with Crippen LogP contribution in [0.1, 0.15) is 19.8 Å². The van der Waals surface area contributed by atoms with E-state index in [1.54, 1.807) is 6.92 Å². The predicted molar refractivity (Wildman–Crippen MR) is 88.9 cm³/mol. The minimum Gasteiger partial charge on any atom is -0.480 e. The zero-order valence-corrected chi connectivity index (χ0v) is 14.9. The largest absolute Gasteiger partial charge is 0.480 e. The Labute approximate surface area is 141 Å². The van der Waals surface area contributed by atoms with Crippen LogP contribution >= 0.6 is 0 Å². The summed E-state index contributed by atoms with van der Waals surface area (Å²) in [5.74, 6) is -1.15. The highest BCUT2D eigenvalue weighted by Gasteiger charge is 2.30. The van der Waals surface area contributed by atoms with Gasteiger partial charge in [0.05, 0.1) is 16.3 Å². The van der Waals surface area contributed by atoms with E-state index in [0.29, 0.717) is 25.1 Å². The summed E-state index contributed by atoms with van der Waals surface area (Å²) < 4.78 is 51.0. The number of nitrogens with zero attached hydrogens (tertiary/aromatic N) is 2. The molecular formula is C14H20N2O6S2. The number of anilines is 1. The van der Waals surface area contributed by atoms with Crippen LogP contribution in [-0.4, -0.2) is 57.6 Å². The Kier molecular flexibility index (Phi) is 5.51. The van der Waals surface area contributed by atoms with Gasteiger partial charge >= 0.3 is 5.97 Å².